The van der Waals surface area contributed by atoms with Gasteiger partial charge in [-0.05, 0) is 25.7 Å². The molecule has 1 spiro atoms. The first-order valence-electron chi connectivity index (χ1n) is 5.20. The van der Waals surface area contributed by atoms with Gasteiger partial charge < -0.3 is 10.2 Å². The zero-order chi connectivity index (χ0) is 10.4. The molecule has 0 bridgehead atoms. The van der Waals surface area contributed by atoms with Crippen LogP contribution in [0.2, 0.25) is 0 Å². The van der Waals surface area contributed by atoms with Gasteiger partial charge in [0.05, 0.1) is 12.2 Å². The highest BCUT2D eigenvalue weighted by Gasteiger charge is 2.53. The average Bonchev–Trinajstić information content (AvgIpc) is 2.39. The zero-order valence-corrected chi connectivity index (χ0v) is 8.05. The van der Waals surface area contributed by atoms with Crippen molar-refractivity contribution in [3.63, 3.8) is 0 Å². The lowest BCUT2D eigenvalue weighted by Gasteiger charge is -2.41. The minimum Gasteiger partial charge on any atom is -0.392 e. The van der Waals surface area contributed by atoms with Crippen molar-refractivity contribution in [2.24, 2.45) is 5.41 Å². The van der Waals surface area contributed by atoms with Crippen LogP contribution in [0, 0.1) is 5.41 Å². The maximum atomic E-state index is 12.9. The van der Waals surface area contributed by atoms with Crippen molar-refractivity contribution >= 4 is 0 Å². The summed E-state index contributed by atoms with van der Waals surface area (Å²) < 4.78 is 25.9. The van der Waals surface area contributed by atoms with Crippen LogP contribution in [0.25, 0.3) is 0 Å². The summed E-state index contributed by atoms with van der Waals surface area (Å²) in [4.78, 5) is 0. The minimum atomic E-state index is -2.59. The summed E-state index contributed by atoms with van der Waals surface area (Å²) in [5.41, 5.74) is -0.623. The lowest BCUT2D eigenvalue weighted by atomic mass is 9.69. The molecule has 82 valence electrons. The Morgan fingerprint density at radius 2 is 1.29 bits per heavy atom. The molecule has 0 radical (unpaired) electrons. The van der Waals surface area contributed by atoms with Gasteiger partial charge in [-0.25, -0.2) is 8.78 Å². The quantitative estimate of drug-likeness (QED) is 0.633. The van der Waals surface area contributed by atoms with E-state index in [-0.39, 0.29) is 25.7 Å². The Labute approximate surface area is 81.9 Å². The number of hydrogen-bond acceptors (Lipinski definition) is 2. The lowest BCUT2D eigenvalue weighted by Crippen LogP contribution is -2.44. The molecule has 0 heterocycles. The third-order valence-electron chi connectivity index (χ3n) is 3.95. The second-order valence-electron chi connectivity index (χ2n) is 4.70. The fourth-order valence-corrected chi connectivity index (χ4v) is 2.86. The lowest BCUT2D eigenvalue weighted by molar-refractivity contribution is -0.120. The van der Waals surface area contributed by atoms with Gasteiger partial charge in [-0.15, -0.1) is 0 Å². The van der Waals surface area contributed by atoms with Gasteiger partial charge in [0.15, 0.2) is 0 Å². The molecule has 2 nitrogen and oxygen atoms in total. The smallest absolute Gasteiger partial charge is 0.248 e. The third kappa shape index (κ3) is 1.44. The topological polar surface area (TPSA) is 40.5 Å². The van der Waals surface area contributed by atoms with Gasteiger partial charge in [0.1, 0.15) is 0 Å². The van der Waals surface area contributed by atoms with E-state index in [2.05, 4.69) is 0 Å². The monoisotopic (exact) mass is 206 g/mol. The van der Waals surface area contributed by atoms with Gasteiger partial charge in [0, 0.05) is 18.3 Å². The molecule has 14 heavy (non-hydrogen) atoms. The molecular weight excluding hydrogens is 190 g/mol. The van der Waals surface area contributed by atoms with Crippen LogP contribution in [0.4, 0.5) is 8.78 Å². The van der Waals surface area contributed by atoms with Crippen LogP contribution in [0.3, 0.4) is 0 Å². The molecule has 2 rings (SSSR count). The molecule has 0 amide bonds. The molecule has 4 heteroatoms. The Bertz CT molecular complexity index is 208. The van der Waals surface area contributed by atoms with Gasteiger partial charge >= 0.3 is 0 Å². The molecule has 0 aromatic carbocycles. The normalized spacial score (nSPS) is 40.3. The highest BCUT2D eigenvalue weighted by atomic mass is 19.3. The summed E-state index contributed by atoms with van der Waals surface area (Å²) in [5, 5.41) is 19.5. The van der Waals surface area contributed by atoms with E-state index in [0.717, 1.165) is 0 Å². The van der Waals surface area contributed by atoms with Crippen molar-refractivity contribution in [3.8, 4) is 0 Å². The van der Waals surface area contributed by atoms with Crippen LogP contribution in [-0.4, -0.2) is 28.3 Å². The molecule has 2 fully saturated rings. The molecule has 2 atom stereocenters. The predicted molar refractivity (Wildman–Crippen MR) is 47.1 cm³/mol. The van der Waals surface area contributed by atoms with Crippen molar-refractivity contribution in [1.82, 2.24) is 0 Å². The predicted octanol–water partition coefficient (Wildman–Crippen LogP) is 1.70. The van der Waals surface area contributed by atoms with Gasteiger partial charge in [-0.3, -0.25) is 0 Å². The number of aliphatic hydroxyl groups is 2. The van der Waals surface area contributed by atoms with E-state index in [1.165, 1.54) is 0 Å². The first-order valence-corrected chi connectivity index (χ1v) is 5.20. The van der Waals surface area contributed by atoms with Crippen LogP contribution in [0.15, 0.2) is 0 Å². The van der Waals surface area contributed by atoms with E-state index in [0.29, 0.717) is 12.8 Å². The zero-order valence-electron chi connectivity index (χ0n) is 8.05. The van der Waals surface area contributed by atoms with E-state index >= 15 is 0 Å². The van der Waals surface area contributed by atoms with E-state index in [9.17, 15) is 19.0 Å². The molecule has 0 aromatic heterocycles. The Balaban J connectivity index is 2.11. The number of aliphatic hydroxyl groups excluding tert-OH is 2. The van der Waals surface area contributed by atoms with E-state index in [1.807, 2.05) is 0 Å². The van der Waals surface area contributed by atoms with E-state index in [1.54, 1.807) is 0 Å². The maximum absolute atomic E-state index is 12.9. The standard InChI is InChI=1S/C10H16F2O2/c11-10(12)5-3-9(4-6-10)7(13)1-2-8(9)14/h7-8,13-14H,1-6H2. The first-order chi connectivity index (χ1) is 6.46. The van der Waals surface area contributed by atoms with Crippen molar-refractivity contribution in [3.05, 3.63) is 0 Å². The largest absolute Gasteiger partial charge is 0.392 e. The molecule has 2 aliphatic rings. The summed E-state index contributed by atoms with van der Waals surface area (Å²) in [6.07, 6.45) is 0.0361. The van der Waals surface area contributed by atoms with Crippen LogP contribution >= 0.6 is 0 Å². The van der Waals surface area contributed by atoms with Gasteiger partial charge in [0.25, 0.3) is 0 Å². The second-order valence-corrected chi connectivity index (χ2v) is 4.70. The van der Waals surface area contributed by atoms with Crippen LogP contribution in [0.5, 0.6) is 0 Å². The fourth-order valence-electron chi connectivity index (χ4n) is 2.86. The van der Waals surface area contributed by atoms with E-state index in [4.69, 9.17) is 0 Å². The van der Waals surface area contributed by atoms with E-state index < -0.39 is 23.5 Å². The molecule has 0 aromatic rings. The second kappa shape index (κ2) is 3.14. The Kier molecular flexibility index (Phi) is 2.31. The Morgan fingerprint density at radius 1 is 0.857 bits per heavy atom. The fraction of sp³-hybridized carbons (Fsp3) is 1.00. The van der Waals surface area contributed by atoms with Crippen molar-refractivity contribution in [2.45, 2.75) is 56.7 Å². The van der Waals surface area contributed by atoms with Gasteiger partial charge in [0.2, 0.25) is 5.92 Å². The SMILES string of the molecule is OC1CCC(O)C12CCC(F)(F)CC2. The number of rotatable bonds is 0. The first kappa shape index (κ1) is 10.3. The molecule has 0 saturated heterocycles. The van der Waals surface area contributed by atoms with Crippen molar-refractivity contribution in [1.29, 1.82) is 0 Å². The third-order valence-corrected chi connectivity index (χ3v) is 3.95. The minimum absolute atomic E-state index is 0.193. The molecule has 2 N–H and O–H groups in total. The average molecular weight is 206 g/mol. The summed E-state index contributed by atoms with van der Waals surface area (Å²) >= 11 is 0. The van der Waals surface area contributed by atoms with Crippen LogP contribution in [-0.2, 0) is 0 Å². The molecule has 2 saturated carbocycles. The number of halogens is 2. The Hall–Kier alpha value is -0.220. The summed E-state index contributed by atoms with van der Waals surface area (Å²) in [6.45, 7) is 0. The maximum Gasteiger partial charge on any atom is 0.248 e. The van der Waals surface area contributed by atoms with Crippen LogP contribution < -0.4 is 0 Å². The molecule has 2 unspecified atom stereocenters. The molecule has 0 aliphatic heterocycles. The van der Waals surface area contributed by atoms with Crippen molar-refractivity contribution in [2.75, 3.05) is 0 Å². The Morgan fingerprint density at radius 3 is 1.71 bits per heavy atom. The highest BCUT2D eigenvalue weighted by Crippen LogP contribution is 2.52. The van der Waals surface area contributed by atoms with Crippen molar-refractivity contribution < 1.29 is 19.0 Å². The summed E-state index contributed by atoms with van der Waals surface area (Å²) in [5.74, 6) is -2.59. The summed E-state index contributed by atoms with van der Waals surface area (Å²) in [6, 6.07) is 0. The van der Waals surface area contributed by atoms with Gasteiger partial charge in [-0.1, -0.05) is 0 Å². The number of alkyl halides is 2. The summed E-state index contributed by atoms with van der Waals surface area (Å²) in [7, 11) is 0. The number of hydrogen-bond donors (Lipinski definition) is 2. The molecular formula is C10H16F2O2. The molecule has 2 aliphatic carbocycles. The highest BCUT2D eigenvalue weighted by molar-refractivity contribution is 5.02. The van der Waals surface area contributed by atoms with Gasteiger partial charge in [-0.2, -0.15) is 0 Å². The van der Waals surface area contributed by atoms with Crippen LogP contribution in [0.1, 0.15) is 38.5 Å².